The zero-order valence-corrected chi connectivity index (χ0v) is 12.8. The van der Waals surface area contributed by atoms with Crippen molar-refractivity contribution in [3.05, 3.63) is 35.4 Å². The first kappa shape index (κ1) is 17.4. The van der Waals surface area contributed by atoms with Crippen LogP contribution in [0.5, 0.6) is 0 Å². The van der Waals surface area contributed by atoms with Gasteiger partial charge in [-0.2, -0.15) is 13.2 Å². The van der Waals surface area contributed by atoms with Crippen LogP contribution in [-0.2, 0) is 0 Å². The van der Waals surface area contributed by atoms with E-state index in [2.05, 4.69) is 12.2 Å². The molecule has 1 nitrogen and oxygen atoms in total. The Bertz CT molecular complexity index is 393. The maximum atomic E-state index is 12.2. The molecule has 0 saturated heterocycles. The van der Waals surface area contributed by atoms with Gasteiger partial charge in [0.05, 0.1) is 0 Å². The van der Waals surface area contributed by atoms with Gasteiger partial charge in [0, 0.05) is 12.3 Å². The molecule has 0 spiro atoms. The van der Waals surface area contributed by atoms with Gasteiger partial charge in [0.15, 0.2) is 0 Å². The SMILES string of the molecule is CCCNCC(CCSC(F)(F)F)c1ccccc1C. The molecule has 0 aromatic heterocycles. The van der Waals surface area contributed by atoms with E-state index in [9.17, 15) is 13.2 Å². The molecule has 0 heterocycles. The number of halogens is 3. The third-order valence-electron chi connectivity index (χ3n) is 3.18. The number of hydrogen-bond acceptors (Lipinski definition) is 2. The van der Waals surface area contributed by atoms with Crippen molar-refractivity contribution < 1.29 is 13.2 Å². The molecule has 1 unspecified atom stereocenters. The Balaban J connectivity index is 2.63. The van der Waals surface area contributed by atoms with E-state index >= 15 is 0 Å². The fraction of sp³-hybridized carbons (Fsp3) is 0.600. The van der Waals surface area contributed by atoms with E-state index < -0.39 is 5.51 Å². The standard InChI is InChI=1S/C15H22F3NS/c1-3-9-19-11-13(8-10-20-15(16,17)18)14-7-5-4-6-12(14)2/h4-7,13,19H,3,8-11H2,1-2H3. The van der Waals surface area contributed by atoms with E-state index in [0.717, 1.165) is 30.6 Å². The van der Waals surface area contributed by atoms with E-state index in [-0.39, 0.29) is 23.4 Å². The lowest BCUT2D eigenvalue weighted by atomic mass is 9.92. The quantitative estimate of drug-likeness (QED) is 0.697. The highest BCUT2D eigenvalue weighted by Gasteiger charge is 2.28. The number of benzene rings is 1. The molecular weight excluding hydrogens is 283 g/mol. The lowest BCUT2D eigenvalue weighted by Gasteiger charge is -2.20. The third kappa shape index (κ3) is 6.66. The van der Waals surface area contributed by atoms with Crippen LogP contribution >= 0.6 is 11.8 Å². The molecule has 114 valence electrons. The summed E-state index contributed by atoms with van der Waals surface area (Å²) in [6, 6.07) is 7.94. The summed E-state index contributed by atoms with van der Waals surface area (Å²) in [5, 5.41) is 3.32. The van der Waals surface area contributed by atoms with E-state index in [1.165, 1.54) is 0 Å². The molecule has 0 aliphatic carbocycles. The van der Waals surface area contributed by atoms with E-state index in [1.54, 1.807) is 0 Å². The molecule has 0 aliphatic rings. The van der Waals surface area contributed by atoms with Gasteiger partial charge < -0.3 is 5.32 Å². The van der Waals surface area contributed by atoms with Crippen molar-refractivity contribution in [2.45, 2.75) is 38.1 Å². The van der Waals surface area contributed by atoms with Crippen molar-refractivity contribution in [1.29, 1.82) is 0 Å². The fourth-order valence-corrected chi connectivity index (χ4v) is 2.82. The molecule has 1 rings (SSSR count). The second-order valence-corrected chi connectivity index (χ2v) is 6.00. The Morgan fingerprint density at radius 2 is 1.95 bits per heavy atom. The number of thioether (sulfide) groups is 1. The average molecular weight is 305 g/mol. The summed E-state index contributed by atoms with van der Waals surface area (Å²) in [5.74, 6) is 0.244. The molecule has 1 atom stereocenters. The molecule has 0 saturated carbocycles. The highest BCUT2D eigenvalue weighted by Crippen LogP contribution is 2.33. The Hall–Kier alpha value is -0.680. The minimum Gasteiger partial charge on any atom is -0.316 e. The van der Waals surface area contributed by atoms with Gasteiger partial charge in [-0.1, -0.05) is 43.0 Å². The summed E-state index contributed by atoms with van der Waals surface area (Å²) in [7, 11) is 0. The number of nitrogens with one attached hydrogen (secondary N) is 1. The third-order valence-corrected chi connectivity index (χ3v) is 3.94. The van der Waals surface area contributed by atoms with Crippen molar-refractivity contribution in [1.82, 2.24) is 5.32 Å². The van der Waals surface area contributed by atoms with Gasteiger partial charge in [-0.15, -0.1) is 0 Å². The second-order valence-electron chi connectivity index (χ2n) is 4.84. The van der Waals surface area contributed by atoms with Crippen LogP contribution in [0.25, 0.3) is 0 Å². The molecule has 1 aromatic carbocycles. The van der Waals surface area contributed by atoms with Crippen molar-refractivity contribution in [2.24, 2.45) is 0 Å². The van der Waals surface area contributed by atoms with Crippen LogP contribution in [0.3, 0.4) is 0 Å². The van der Waals surface area contributed by atoms with Crippen LogP contribution in [-0.4, -0.2) is 24.4 Å². The first-order valence-electron chi connectivity index (χ1n) is 6.91. The number of aryl methyl sites for hydroxylation is 1. The maximum absolute atomic E-state index is 12.2. The molecule has 0 amide bonds. The molecule has 5 heteroatoms. The zero-order valence-electron chi connectivity index (χ0n) is 12.0. The normalized spacial score (nSPS) is 13.4. The minimum absolute atomic E-state index is 0.0739. The fourth-order valence-electron chi connectivity index (χ4n) is 2.18. The topological polar surface area (TPSA) is 12.0 Å². The number of alkyl halides is 3. The van der Waals surface area contributed by atoms with Crippen molar-refractivity contribution in [3.63, 3.8) is 0 Å². The van der Waals surface area contributed by atoms with Crippen LogP contribution in [0.2, 0.25) is 0 Å². The van der Waals surface area contributed by atoms with E-state index in [0.29, 0.717) is 6.42 Å². The first-order chi connectivity index (χ1) is 9.44. The van der Waals surface area contributed by atoms with Gasteiger partial charge in [0.1, 0.15) is 0 Å². The molecule has 20 heavy (non-hydrogen) atoms. The maximum Gasteiger partial charge on any atom is 0.441 e. The van der Waals surface area contributed by atoms with Gasteiger partial charge in [-0.3, -0.25) is 0 Å². The van der Waals surface area contributed by atoms with E-state index in [4.69, 9.17) is 0 Å². The summed E-state index contributed by atoms with van der Waals surface area (Å²) in [6.45, 7) is 5.72. The Kier molecular flexibility index (Phi) is 7.45. The number of hydrogen-bond donors (Lipinski definition) is 1. The molecule has 0 radical (unpaired) electrons. The highest BCUT2D eigenvalue weighted by atomic mass is 32.2. The molecule has 0 aliphatic heterocycles. The minimum atomic E-state index is -4.13. The van der Waals surface area contributed by atoms with Crippen LogP contribution < -0.4 is 5.32 Å². The lowest BCUT2D eigenvalue weighted by Crippen LogP contribution is -2.23. The van der Waals surface area contributed by atoms with Crippen molar-refractivity contribution in [2.75, 3.05) is 18.8 Å². The molecule has 1 aromatic rings. The zero-order chi connectivity index (χ0) is 15.0. The molecule has 1 N–H and O–H groups in total. The molecule has 0 bridgehead atoms. The smallest absolute Gasteiger partial charge is 0.316 e. The summed E-state index contributed by atoms with van der Waals surface area (Å²) < 4.78 is 36.7. The van der Waals surface area contributed by atoms with Gasteiger partial charge >= 0.3 is 5.51 Å². The largest absolute Gasteiger partial charge is 0.441 e. The summed E-state index contributed by atoms with van der Waals surface area (Å²) in [4.78, 5) is 0. The van der Waals surface area contributed by atoms with Crippen LogP contribution in [0.4, 0.5) is 13.2 Å². The Morgan fingerprint density at radius 1 is 1.25 bits per heavy atom. The summed E-state index contributed by atoms with van der Waals surface area (Å²) in [5.41, 5.74) is -1.83. The van der Waals surface area contributed by atoms with Gasteiger partial charge in [-0.25, -0.2) is 0 Å². The number of rotatable bonds is 8. The van der Waals surface area contributed by atoms with Crippen molar-refractivity contribution >= 4 is 11.8 Å². The predicted molar refractivity (Wildman–Crippen MR) is 80.2 cm³/mol. The molecular formula is C15H22F3NS. The van der Waals surface area contributed by atoms with Crippen LogP contribution in [0.1, 0.15) is 36.8 Å². The molecule has 0 fully saturated rings. The Morgan fingerprint density at radius 3 is 2.55 bits per heavy atom. The summed E-state index contributed by atoms with van der Waals surface area (Å²) in [6.07, 6.45) is 1.56. The van der Waals surface area contributed by atoms with Crippen LogP contribution in [0, 0.1) is 6.92 Å². The Labute approximate surface area is 123 Å². The highest BCUT2D eigenvalue weighted by molar-refractivity contribution is 8.00. The van der Waals surface area contributed by atoms with Crippen LogP contribution in [0.15, 0.2) is 24.3 Å². The van der Waals surface area contributed by atoms with Gasteiger partial charge in [0.25, 0.3) is 0 Å². The monoisotopic (exact) mass is 305 g/mol. The van der Waals surface area contributed by atoms with E-state index in [1.807, 2.05) is 31.2 Å². The lowest BCUT2D eigenvalue weighted by molar-refractivity contribution is -0.0328. The second kappa shape index (κ2) is 8.57. The van der Waals surface area contributed by atoms with Gasteiger partial charge in [0.2, 0.25) is 0 Å². The van der Waals surface area contributed by atoms with Crippen molar-refractivity contribution in [3.8, 4) is 0 Å². The average Bonchev–Trinajstić information content (AvgIpc) is 2.37. The van der Waals surface area contributed by atoms with Gasteiger partial charge in [-0.05, 0) is 43.4 Å². The first-order valence-corrected chi connectivity index (χ1v) is 7.89. The predicted octanol–water partition coefficient (Wildman–Crippen LogP) is 4.72. The summed E-state index contributed by atoms with van der Waals surface area (Å²) >= 11 is 0.0739.